The Hall–Kier alpha value is -2.87. The Balaban J connectivity index is 1.96. The number of para-hydroxylation sites is 1. The van der Waals surface area contributed by atoms with Crippen molar-refractivity contribution in [3.8, 4) is 11.5 Å². The van der Waals surface area contributed by atoms with E-state index in [1.165, 1.54) is 31.6 Å². The standard InChI is InChI=1S/C16H15NO6S/c1-21-11-6-3-5-10(14(11)22-2)16(20)23-9-13(18)17-15(19)12-7-4-8-24-12/h3-8H,9H2,1-2H3,(H,17,18,19). The number of nitrogens with one attached hydrogen (secondary N) is 1. The van der Waals surface area contributed by atoms with Crippen LogP contribution in [0.5, 0.6) is 11.5 Å². The van der Waals surface area contributed by atoms with E-state index in [0.29, 0.717) is 10.6 Å². The van der Waals surface area contributed by atoms with Crippen LogP contribution in [0.3, 0.4) is 0 Å². The van der Waals surface area contributed by atoms with Crippen molar-refractivity contribution >= 4 is 29.1 Å². The van der Waals surface area contributed by atoms with Crippen LogP contribution in [0.4, 0.5) is 0 Å². The fourth-order valence-electron chi connectivity index (χ4n) is 1.89. The average Bonchev–Trinajstić information content (AvgIpc) is 3.13. The van der Waals surface area contributed by atoms with Gasteiger partial charge >= 0.3 is 5.97 Å². The molecule has 1 heterocycles. The molecule has 0 unspecified atom stereocenters. The van der Waals surface area contributed by atoms with E-state index in [-0.39, 0.29) is 11.3 Å². The van der Waals surface area contributed by atoms with Crippen LogP contribution < -0.4 is 14.8 Å². The maximum atomic E-state index is 12.1. The molecule has 0 spiro atoms. The summed E-state index contributed by atoms with van der Waals surface area (Å²) in [7, 11) is 2.83. The van der Waals surface area contributed by atoms with E-state index in [0.717, 1.165) is 0 Å². The first-order valence-corrected chi connectivity index (χ1v) is 7.70. The first-order chi connectivity index (χ1) is 11.6. The molecular formula is C16H15NO6S. The molecule has 0 saturated heterocycles. The monoisotopic (exact) mass is 349 g/mol. The molecule has 0 atom stereocenters. The van der Waals surface area contributed by atoms with Gasteiger partial charge in [-0.25, -0.2) is 4.79 Å². The van der Waals surface area contributed by atoms with Gasteiger partial charge in [0.05, 0.1) is 19.1 Å². The fraction of sp³-hybridized carbons (Fsp3) is 0.188. The Labute approximate surface area is 142 Å². The second-order valence-electron chi connectivity index (χ2n) is 4.47. The lowest BCUT2D eigenvalue weighted by atomic mass is 10.2. The van der Waals surface area contributed by atoms with Crippen LogP contribution in [0.2, 0.25) is 0 Å². The number of carbonyl (C=O) groups excluding carboxylic acids is 3. The summed E-state index contributed by atoms with van der Waals surface area (Å²) in [6.45, 7) is -0.587. The number of hydrogen-bond donors (Lipinski definition) is 1. The predicted molar refractivity (Wildman–Crippen MR) is 86.6 cm³/mol. The normalized spacial score (nSPS) is 9.92. The molecule has 2 rings (SSSR count). The smallest absolute Gasteiger partial charge is 0.342 e. The van der Waals surface area contributed by atoms with Gasteiger partial charge in [-0.2, -0.15) is 0 Å². The van der Waals surface area contributed by atoms with E-state index in [1.54, 1.807) is 29.6 Å². The Kier molecular flexibility index (Phi) is 5.91. The van der Waals surface area contributed by atoms with Crippen LogP contribution in [0.25, 0.3) is 0 Å². The summed E-state index contributed by atoms with van der Waals surface area (Å²) >= 11 is 1.20. The Morgan fingerprint density at radius 1 is 1.08 bits per heavy atom. The van der Waals surface area contributed by atoms with Crippen molar-refractivity contribution in [1.82, 2.24) is 5.32 Å². The van der Waals surface area contributed by atoms with E-state index < -0.39 is 24.4 Å². The third-order valence-electron chi connectivity index (χ3n) is 2.96. The zero-order valence-electron chi connectivity index (χ0n) is 13.0. The Morgan fingerprint density at radius 2 is 1.88 bits per heavy atom. The lowest BCUT2D eigenvalue weighted by Gasteiger charge is -2.11. The van der Waals surface area contributed by atoms with Gasteiger partial charge in [0.2, 0.25) is 0 Å². The summed E-state index contributed by atoms with van der Waals surface area (Å²) in [6, 6.07) is 7.98. The van der Waals surface area contributed by atoms with E-state index in [4.69, 9.17) is 14.2 Å². The van der Waals surface area contributed by atoms with Crippen LogP contribution in [0.1, 0.15) is 20.0 Å². The van der Waals surface area contributed by atoms with Gasteiger partial charge in [0.1, 0.15) is 5.56 Å². The molecule has 24 heavy (non-hydrogen) atoms. The molecular weight excluding hydrogens is 334 g/mol. The van der Waals surface area contributed by atoms with Gasteiger partial charge in [-0.3, -0.25) is 14.9 Å². The summed E-state index contributed by atoms with van der Waals surface area (Å²) in [4.78, 5) is 35.9. The van der Waals surface area contributed by atoms with Crippen LogP contribution in [-0.4, -0.2) is 38.6 Å². The van der Waals surface area contributed by atoms with Crippen molar-refractivity contribution in [3.63, 3.8) is 0 Å². The number of esters is 1. The van der Waals surface area contributed by atoms with Gasteiger partial charge in [0, 0.05) is 0 Å². The van der Waals surface area contributed by atoms with Gasteiger partial charge in [-0.1, -0.05) is 12.1 Å². The lowest BCUT2D eigenvalue weighted by molar-refractivity contribution is -0.123. The lowest BCUT2D eigenvalue weighted by Crippen LogP contribution is -2.33. The molecule has 7 nitrogen and oxygen atoms in total. The van der Waals surface area contributed by atoms with Crippen LogP contribution in [0.15, 0.2) is 35.7 Å². The molecule has 0 aliphatic heterocycles. The highest BCUT2D eigenvalue weighted by molar-refractivity contribution is 7.12. The Bertz CT molecular complexity index is 741. The van der Waals surface area contributed by atoms with Gasteiger partial charge < -0.3 is 14.2 Å². The highest BCUT2D eigenvalue weighted by atomic mass is 32.1. The topological polar surface area (TPSA) is 90.9 Å². The minimum Gasteiger partial charge on any atom is -0.493 e. The molecule has 0 radical (unpaired) electrons. The molecule has 2 aromatic rings. The van der Waals surface area contributed by atoms with E-state index in [1.807, 2.05) is 0 Å². The number of thiophene rings is 1. The van der Waals surface area contributed by atoms with Crippen molar-refractivity contribution in [2.24, 2.45) is 0 Å². The largest absolute Gasteiger partial charge is 0.493 e. The molecule has 8 heteroatoms. The zero-order chi connectivity index (χ0) is 17.5. The number of rotatable bonds is 6. The van der Waals surface area contributed by atoms with Gasteiger partial charge in [0.25, 0.3) is 11.8 Å². The number of amides is 2. The third kappa shape index (κ3) is 4.11. The quantitative estimate of drug-likeness (QED) is 0.801. The van der Waals surface area contributed by atoms with Crippen LogP contribution in [0, 0.1) is 0 Å². The first-order valence-electron chi connectivity index (χ1n) is 6.82. The molecule has 0 bridgehead atoms. The van der Waals surface area contributed by atoms with Gasteiger partial charge in [0.15, 0.2) is 18.1 Å². The molecule has 1 N–H and O–H groups in total. The van der Waals surface area contributed by atoms with Crippen molar-refractivity contribution in [2.45, 2.75) is 0 Å². The van der Waals surface area contributed by atoms with E-state index in [2.05, 4.69) is 5.32 Å². The Morgan fingerprint density at radius 3 is 2.50 bits per heavy atom. The maximum Gasteiger partial charge on any atom is 0.342 e. The van der Waals surface area contributed by atoms with E-state index in [9.17, 15) is 14.4 Å². The molecule has 1 aromatic carbocycles. The number of ether oxygens (including phenoxy) is 3. The van der Waals surface area contributed by atoms with Crippen molar-refractivity contribution in [1.29, 1.82) is 0 Å². The molecule has 1 aromatic heterocycles. The molecule has 0 saturated carbocycles. The van der Waals surface area contributed by atoms with E-state index >= 15 is 0 Å². The summed E-state index contributed by atoms with van der Waals surface area (Å²) < 4.78 is 15.1. The third-order valence-corrected chi connectivity index (χ3v) is 3.82. The molecule has 0 aliphatic rings. The first kappa shape index (κ1) is 17.5. The highest BCUT2D eigenvalue weighted by Gasteiger charge is 2.19. The summed E-state index contributed by atoms with van der Waals surface area (Å²) in [5.41, 5.74) is 0.120. The van der Waals surface area contributed by atoms with Crippen molar-refractivity contribution < 1.29 is 28.6 Å². The van der Waals surface area contributed by atoms with Crippen molar-refractivity contribution in [2.75, 3.05) is 20.8 Å². The summed E-state index contributed by atoms with van der Waals surface area (Å²) in [5, 5.41) is 3.86. The van der Waals surface area contributed by atoms with Crippen LogP contribution >= 0.6 is 11.3 Å². The number of methoxy groups -OCH3 is 2. The zero-order valence-corrected chi connectivity index (χ0v) is 13.8. The molecule has 0 aliphatic carbocycles. The second kappa shape index (κ2) is 8.11. The minimum absolute atomic E-state index is 0.120. The maximum absolute atomic E-state index is 12.1. The summed E-state index contributed by atoms with van der Waals surface area (Å²) in [5.74, 6) is -1.44. The van der Waals surface area contributed by atoms with Crippen LogP contribution in [-0.2, 0) is 9.53 Å². The highest BCUT2D eigenvalue weighted by Crippen LogP contribution is 2.30. The average molecular weight is 349 g/mol. The minimum atomic E-state index is -0.760. The summed E-state index contributed by atoms with van der Waals surface area (Å²) in [6.07, 6.45) is 0. The second-order valence-corrected chi connectivity index (χ2v) is 5.42. The van der Waals surface area contributed by atoms with Crippen molar-refractivity contribution in [3.05, 3.63) is 46.2 Å². The number of hydrogen-bond acceptors (Lipinski definition) is 7. The predicted octanol–water partition coefficient (Wildman–Crippen LogP) is 1.88. The molecule has 126 valence electrons. The number of carbonyl (C=O) groups is 3. The molecule has 0 fully saturated rings. The van der Waals surface area contributed by atoms with Gasteiger partial charge in [-0.15, -0.1) is 11.3 Å². The SMILES string of the molecule is COc1cccc(C(=O)OCC(=O)NC(=O)c2cccs2)c1OC. The molecule has 2 amide bonds. The fourth-order valence-corrected chi connectivity index (χ4v) is 2.51. The number of imide groups is 1. The number of benzene rings is 1. The van der Waals surface area contributed by atoms with Gasteiger partial charge in [-0.05, 0) is 23.6 Å².